The van der Waals surface area contributed by atoms with Crippen LogP contribution >= 0.6 is 11.8 Å². The first-order valence-electron chi connectivity index (χ1n) is 5.98. The molecule has 0 radical (unpaired) electrons. The molecule has 1 aromatic rings. The Hall–Kier alpha value is -0.550. The largest absolute Gasteiger partial charge is 0.394 e. The molecule has 0 amide bonds. The fraction of sp³-hybridized carbons (Fsp3) is 0.538. The molecular weight excluding hydrogens is 234 g/mol. The van der Waals surface area contributed by atoms with Gasteiger partial charge in [0.05, 0.1) is 19.8 Å². The lowest BCUT2D eigenvalue weighted by atomic mass is 10.2. The molecule has 0 bridgehead atoms. The van der Waals surface area contributed by atoms with E-state index in [0.717, 1.165) is 18.8 Å². The topological polar surface area (TPSA) is 41.5 Å². The summed E-state index contributed by atoms with van der Waals surface area (Å²) in [5, 5.41) is 11.8. The molecule has 0 saturated carbocycles. The quantitative estimate of drug-likeness (QED) is 0.522. The minimum absolute atomic E-state index is 0.101. The second-order valence-corrected chi connectivity index (χ2v) is 4.78. The van der Waals surface area contributed by atoms with Gasteiger partial charge in [-0.3, -0.25) is 0 Å². The third kappa shape index (κ3) is 6.68. The predicted molar refractivity (Wildman–Crippen MR) is 72.5 cm³/mol. The van der Waals surface area contributed by atoms with Gasteiger partial charge in [0.1, 0.15) is 0 Å². The summed E-state index contributed by atoms with van der Waals surface area (Å²) in [6.45, 7) is 5.26. The van der Waals surface area contributed by atoms with Gasteiger partial charge in [-0.1, -0.05) is 19.1 Å². The van der Waals surface area contributed by atoms with Crippen LogP contribution in [0, 0.1) is 0 Å². The lowest BCUT2D eigenvalue weighted by molar-refractivity contribution is 0.103. The van der Waals surface area contributed by atoms with Gasteiger partial charge >= 0.3 is 0 Å². The molecule has 0 atom stereocenters. The van der Waals surface area contributed by atoms with Crippen molar-refractivity contribution in [1.29, 1.82) is 0 Å². The number of hydrogen-bond acceptors (Lipinski definition) is 4. The lowest BCUT2D eigenvalue weighted by Gasteiger charge is -2.05. The molecule has 17 heavy (non-hydrogen) atoms. The highest BCUT2D eigenvalue weighted by Gasteiger charge is 1.96. The number of hydrogen-bond donors (Lipinski definition) is 2. The van der Waals surface area contributed by atoms with E-state index in [0.29, 0.717) is 13.2 Å². The number of ether oxygens (including phenoxy) is 1. The predicted octanol–water partition coefficient (Wildman–Crippen LogP) is 1.90. The maximum atomic E-state index is 8.55. The molecule has 0 aliphatic rings. The van der Waals surface area contributed by atoms with Gasteiger partial charge in [0.2, 0.25) is 0 Å². The fourth-order valence-electron chi connectivity index (χ4n) is 1.36. The Kier molecular flexibility index (Phi) is 8.09. The van der Waals surface area contributed by atoms with Crippen molar-refractivity contribution in [3.8, 4) is 0 Å². The maximum Gasteiger partial charge on any atom is 0.0698 e. The van der Waals surface area contributed by atoms with E-state index in [-0.39, 0.29) is 6.61 Å². The van der Waals surface area contributed by atoms with Crippen molar-refractivity contribution in [1.82, 2.24) is 5.32 Å². The third-order valence-corrected chi connectivity index (χ3v) is 3.21. The Morgan fingerprint density at radius 2 is 2.00 bits per heavy atom. The minimum atomic E-state index is 0.101. The highest BCUT2D eigenvalue weighted by atomic mass is 32.2. The van der Waals surface area contributed by atoms with E-state index in [1.807, 2.05) is 0 Å². The van der Waals surface area contributed by atoms with E-state index in [1.165, 1.54) is 10.5 Å². The van der Waals surface area contributed by atoms with Crippen molar-refractivity contribution >= 4 is 11.8 Å². The first-order chi connectivity index (χ1) is 8.36. The van der Waals surface area contributed by atoms with Crippen molar-refractivity contribution < 1.29 is 9.84 Å². The molecule has 0 spiro atoms. The Morgan fingerprint density at radius 3 is 2.65 bits per heavy atom. The Morgan fingerprint density at radius 1 is 1.24 bits per heavy atom. The SMILES string of the molecule is CCNCc1ccc(SCCOCCO)cc1. The van der Waals surface area contributed by atoms with Gasteiger partial charge in [-0.15, -0.1) is 11.8 Å². The van der Waals surface area contributed by atoms with Gasteiger partial charge in [0.15, 0.2) is 0 Å². The number of nitrogens with one attached hydrogen (secondary N) is 1. The molecular formula is C13H21NO2S. The highest BCUT2D eigenvalue weighted by molar-refractivity contribution is 7.99. The monoisotopic (exact) mass is 255 g/mol. The summed E-state index contributed by atoms with van der Waals surface area (Å²) in [5.41, 5.74) is 1.31. The summed E-state index contributed by atoms with van der Waals surface area (Å²) < 4.78 is 5.20. The molecule has 1 rings (SSSR count). The van der Waals surface area contributed by atoms with Crippen molar-refractivity contribution in [2.24, 2.45) is 0 Å². The van der Waals surface area contributed by atoms with Crippen LogP contribution < -0.4 is 5.32 Å². The summed E-state index contributed by atoms with van der Waals surface area (Å²) in [6, 6.07) is 8.59. The first-order valence-corrected chi connectivity index (χ1v) is 6.96. The second-order valence-electron chi connectivity index (χ2n) is 3.61. The second kappa shape index (κ2) is 9.48. The standard InChI is InChI=1S/C13H21NO2S/c1-2-14-11-12-3-5-13(6-4-12)17-10-9-16-8-7-15/h3-6,14-15H,2,7-11H2,1H3. The summed E-state index contributed by atoms with van der Waals surface area (Å²) in [5.74, 6) is 0.923. The zero-order valence-corrected chi connectivity index (χ0v) is 11.1. The van der Waals surface area contributed by atoms with Gasteiger partial charge in [0, 0.05) is 17.2 Å². The van der Waals surface area contributed by atoms with E-state index in [9.17, 15) is 0 Å². The minimum Gasteiger partial charge on any atom is -0.394 e. The molecule has 0 aromatic heterocycles. The zero-order chi connectivity index (χ0) is 12.3. The first kappa shape index (κ1) is 14.5. The van der Waals surface area contributed by atoms with Gasteiger partial charge in [-0.25, -0.2) is 0 Å². The van der Waals surface area contributed by atoms with Gasteiger partial charge < -0.3 is 15.2 Å². The van der Waals surface area contributed by atoms with Gasteiger partial charge in [0.25, 0.3) is 0 Å². The molecule has 0 saturated heterocycles. The molecule has 0 aliphatic carbocycles. The van der Waals surface area contributed by atoms with Crippen LogP contribution in [-0.4, -0.2) is 37.2 Å². The number of benzene rings is 1. The molecule has 4 heteroatoms. The summed E-state index contributed by atoms with van der Waals surface area (Å²) in [7, 11) is 0. The molecule has 1 aromatic carbocycles. The normalized spacial score (nSPS) is 10.7. The molecule has 96 valence electrons. The Bertz CT molecular complexity index is 290. The fourth-order valence-corrected chi connectivity index (χ4v) is 2.12. The average molecular weight is 255 g/mol. The smallest absolute Gasteiger partial charge is 0.0698 e. The van der Waals surface area contributed by atoms with Crippen LogP contribution in [0.2, 0.25) is 0 Å². The van der Waals surface area contributed by atoms with Crippen LogP contribution in [0.3, 0.4) is 0 Å². The van der Waals surface area contributed by atoms with Crippen molar-refractivity contribution in [3.05, 3.63) is 29.8 Å². The van der Waals surface area contributed by atoms with E-state index in [1.54, 1.807) is 11.8 Å². The molecule has 0 unspecified atom stereocenters. The van der Waals surface area contributed by atoms with Gasteiger partial charge in [-0.05, 0) is 24.2 Å². The number of thioether (sulfide) groups is 1. The Labute approximate surface area is 108 Å². The van der Waals surface area contributed by atoms with Crippen LogP contribution in [0.4, 0.5) is 0 Å². The average Bonchev–Trinajstić information content (AvgIpc) is 2.37. The molecule has 3 nitrogen and oxygen atoms in total. The summed E-state index contributed by atoms with van der Waals surface area (Å²) in [6.07, 6.45) is 0. The molecule has 2 N–H and O–H groups in total. The van der Waals surface area contributed by atoms with E-state index < -0.39 is 0 Å². The van der Waals surface area contributed by atoms with Crippen molar-refractivity contribution in [3.63, 3.8) is 0 Å². The molecule has 0 aliphatic heterocycles. The highest BCUT2D eigenvalue weighted by Crippen LogP contribution is 2.18. The zero-order valence-electron chi connectivity index (χ0n) is 10.3. The van der Waals surface area contributed by atoms with Crippen molar-refractivity contribution in [2.45, 2.75) is 18.4 Å². The molecule has 0 fully saturated rings. The van der Waals surface area contributed by atoms with E-state index in [4.69, 9.17) is 9.84 Å². The van der Waals surface area contributed by atoms with Crippen molar-refractivity contribution in [2.75, 3.05) is 32.1 Å². The lowest BCUT2D eigenvalue weighted by Crippen LogP contribution is -2.11. The number of aliphatic hydroxyl groups is 1. The van der Waals surface area contributed by atoms with Crippen LogP contribution in [0.25, 0.3) is 0 Å². The van der Waals surface area contributed by atoms with E-state index >= 15 is 0 Å². The molecule has 0 heterocycles. The van der Waals surface area contributed by atoms with Gasteiger partial charge in [-0.2, -0.15) is 0 Å². The van der Waals surface area contributed by atoms with Crippen LogP contribution in [0.1, 0.15) is 12.5 Å². The summed E-state index contributed by atoms with van der Waals surface area (Å²) >= 11 is 1.78. The summed E-state index contributed by atoms with van der Waals surface area (Å²) in [4.78, 5) is 1.26. The number of aliphatic hydroxyl groups excluding tert-OH is 1. The maximum absolute atomic E-state index is 8.55. The van der Waals surface area contributed by atoms with E-state index in [2.05, 4.69) is 36.5 Å². The number of rotatable bonds is 9. The van der Waals surface area contributed by atoms with Crippen LogP contribution in [-0.2, 0) is 11.3 Å². The third-order valence-electron chi connectivity index (χ3n) is 2.23. The van der Waals surface area contributed by atoms with Crippen LogP contribution in [0.15, 0.2) is 29.2 Å². The Balaban J connectivity index is 2.20. The van der Waals surface area contributed by atoms with Crippen LogP contribution in [0.5, 0.6) is 0 Å².